The molecule has 146 valence electrons. The van der Waals surface area contributed by atoms with E-state index in [4.69, 9.17) is 9.15 Å². The summed E-state index contributed by atoms with van der Waals surface area (Å²) >= 11 is 0. The lowest BCUT2D eigenvalue weighted by Gasteiger charge is -2.19. The van der Waals surface area contributed by atoms with Crippen LogP contribution in [-0.2, 0) is 6.54 Å². The van der Waals surface area contributed by atoms with E-state index in [0.717, 1.165) is 17.5 Å². The molecule has 0 spiro atoms. The fourth-order valence-corrected chi connectivity index (χ4v) is 3.63. The highest BCUT2D eigenvalue weighted by Gasteiger charge is 2.14. The molecule has 1 aromatic heterocycles. The molecule has 3 aromatic carbocycles. The summed E-state index contributed by atoms with van der Waals surface area (Å²) in [6.45, 7) is 1.33. The summed E-state index contributed by atoms with van der Waals surface area (Å²) in [5.74, 6) is 0.892. The van der Waals surface area contributed by atoms with Crippen molar-refractivity contribution in [3.63, 3.8) is 0 Å². The van der Waals surface area contributed by atoms with Gasteiger partial charge in [0.2, 0.25) is 0 Å². The third-order valence-corrected chi connectivity index (χ3v) is 5.11. The third-order valence-electron chi connectivity index (χ3n) is 5.11. The Hall–Kier alpha value is -3.37. The van der Waals surface area contributed by atoms with E-state index in [2.05, 4.69) is 53.8 Å². The molecular formula is C25H23NO3. The molecule has 0 amide bonds. The van der Waals surface area contributed by atoms with Gasteiger partial charge in [-0.1, -0.05) is 60.7 Å². The van der Waals surface area contributed by atoms with E-state index in [1.165, 1.54) is 11.1 Å². The maximum atomic E-state index is 12.0. The predicted octanol–water partition coefficient (Wildman–Crippen LogP) is 4.72. The maximum Gasteiger partial charge on any atom is 0.336 e. The topological polar surface area (TPSA) is 51.5 Å². The van der Waals surface area contributed by atoms with Gasteiger partial charge >= 0.3 is 5.63 Å². The molecule has 0 atom stereocenters. The molecule has 29 heavy (non-hydrogen) atoms. The van der Waals surface area contributed by atoms with Crippen LogP contribution in [0, 0.1) is 0 Å². The van der Waals surface area contributed by atoms with Crippen LogP contribution in [0.1, 0.15) is 22.6 Å². The second kappa shape index (κ2) is 8.76. The predicted molar refractivity (Wildman–Crippen MR) is 115 cm³/mol. The summed E-state index contributed by atoms with van der Waals surface area (Å²) in [7, 11) is 1.60. The van der Waals surface area contributed by atoms with Gasteiger partial charge in [-0.15, -0.1) is 0 Å². The summed E-state index contributed by atoms with van der Waals surface area (Å²) in [5.41, 5.74) is 3.61. The molecule has 0 aliphatic rings. The van der Waals surface area contributed by atoms with Crippen molar-refractivity contribution < 1.29 is 9.15 Å². The SMILES string of the molecule is COc1ccc2c(CNCC(c3ccccc3)c3ccccc3)cc(=O)oc2c1. The molecule has 0 unspecified atom stereocenters. The van der Waals surface area contributed by atoms with E-state index in [-0.39, 0.29) is 11.5 Å². The van der Waals surface area contributed by atoms with Gasteiger partial charge in [-0.25, -0.2) is 4.79 Å². The van der Waals surface area contributed by atoms with Crippen LogP contribution < -0.4 is 15.7 Å². The molecule has 4 heteroatoms. The van der Waals surface area contributed by atoms with E-state index in [1.54, 1.807) is 19.2 Å². The second-order valence-corrected chi connectivity index (χ2v) is 6.96. The van der Waals surface area contributed by atoms with E-state index >= 15 is 0 Å². The lowest BCUT2D eigenvalue weighted by atomic mass is 9.91. The van der Waals surface area contributed by atoms with E-state index in [0.29, 0.717) is 17.9 Å². The van der Waals surface area contributed by atoms with Crippen molar-refractivity contribution in [1.29, 1.82) is 0 Å². The van der Waals surface area contributed by atoms with Gasteiger partial charge in [0.15, 0.2) is 0 Å². The minimum Gasteiger partial charge on any atom is -0.497 e. The largest absolute Gasteiger partial charge is 0.497 e. The quantitative estimate of drug-likeness (QED) is 0.468. The average Bonchev–Trinajstić information content (AvgIpc) is 2.77. The first-order chi connectivity index (χ1) is 14.2. The Morgan fingerprint density at radius 1 is 0.897 bits per heavy atom. The Morgan fingerprint density at radius 2 is 1.55 bits per heavy atom. The molecule has 0 aliphatic carbocycles. The zero-order valence-corrected chi connectivity index (χ0v) is 16.3. The van der Waals surface area contributed by atoms with Gasteiger partial charge in [0.25, 0.3) is 0 Å². The monoisotopic (exact) mass is 385 g/mol. The molecule has 4 rings (SSSR count). The molecule has 4 aromatic rings. The number of hydrogen-bond donors (Lipinski definition) is 1. The first kappa shape index (κ1) is 19.0. The van der Waals surface area contributed by atoms with Crippen molar-refractivity contribution in [1.82, 2.24) is 5.32 Å². The minimum absolute atomic E-state index is 0.226. The Morgan fingerprint density at radius 3 is 2.17 bits per heavy atom. The fourth-order valence-electron chi connectivity index (χ4n) is 3.63. The average molecular weight is 385 g/mol. The van der Waals surface area contributed by atoms with Crippen LogP contribution in [0.25, 0.3) is 11.0 Å². The first-order valence-electron chi connectivity index (χ1n) is 9.66. The maximum absolute atomic E-state index is 12.0. The van der Waals surface area contributed by atoms with Crippen LogP contribution in [-0.4, -0.2) is 13.7 Å². The zero-order chi connectivity index (χ0) is 20.1. The minimum atomic E-state index is -0.356. The number of ether oxygens (including phenoxy) is 1. The molecule has 0 saturated heterocycles. The Balaban J connectivity index is 1.57. The van der Waals surface area contributed by atoms with Gasteiger partial charge < -0.3 is 14.5 Å². The number of nitrogens with one attached hydrogen (secondary N) is 1. The number of benzene rings is 3. The molecule has 0 fully saturated rings. The van der Waals surface area contributed by atoms with Gasteiger partial charge in [-0.05, 0) is 28.8 Å². The highest BCUT2D eigenvalue weighted by atomic mass is 16.5. The van der Waals surface area contributed by atoms with Gasteiger partial charge in [-0.3, -0.25) is 0 Å². The summed E-state index contributed by atoms with van der Waals surface area (Å²) in [5, 5.41) is 4.45. The highest BCUT2D eigenvalue weighted by molar-refractivity contribution is 5.81. The standard InChI is InChI=1S/C25H23NO3/c1-28-21-12-13-22-20(14-25(27)29-24(22)15-21)16-26-17-23(18-8-4-2-5-9-18)19-10-6-3-7-11-19/h2-15,23,26H,16-17H2,1H3. The first-order valence-corrected chi connectivity index (χ1v) is 9.66. The number of hydrogen-bond acceptors (Lipinski definition) is 4. The second-order valence-electron chi connectivity index (χ2n) is 6.96. The Bertz CT molecular complexity index is 1100. The van der Waals surface area contributed by atoms with Crippen LogP contribution in [0.3, 0.4) is 0 Å². The van der Waals surface area contributed by atoms with Crippen molar-refractivity contribution in [2.45, 2.75) is 12.5 Å². The van der Waals surface area contributed by atoms with Crippen LogP contribution in [0.15, 0.2) is 94.1 Å². The number of methoxy groups -OCH3 is 1. The molecule has 0 bridgehead atoms. The van der Waals surface area contributed by atoms with E-state index in [1.807, 2.05) is 24.3 Å². The van der Waals surface area contributed by atoms with Crippen molar-refractivity contribution in [2.24, 2.45) is 0 Å². The van der Waals surface area contributed by atoms with Crippen LogP contribution >= 0.6 is 0 Å². The molecule has 0 radical (unpaired) electrons. The van der Waals surface area contributed by atoms with Crippen molar-refractivity contribution >= 4 is 11.0 Å². The van der Waals surface area contributed by atoms with Crippen LogP contribution in [0.5, 0.6) is 5.75 Å². The van der Waals surface area contributed by atoms with E-state index in [9.17, 15) is 4.79 Å². The van der Waals surface area contributed by atoms with E-state index < -0.39 is 0 Å². The zero-order valence-electron chi connectivity index (χ0n) is 16.3. The normalized spacial score (nSPS) is 11.1. The molecular weight excluding hydrogens is 362 g/mol. The molecule has 1 heterocycles. The van der Waals surface area contributed by atoms with Crippen molar-refractivity contribution in [3.8, 4) is 5.75 Å². The summed E-state index contributed by atoms with van der Waals surface area (Å²) in [6.07, 6.45) is 0. The summed E-state index contributed by atoms with van der Waals surface area (Å²) < 4.78 is 10.6. The van der Waals surface area contributed by atoms with Gasteiger partial charge in [0.05, 0.1) is 7.11 Å². The number of fused-ring (bicyclic) bond motifs is 1. The smallest absolute Gasteiger partial charge is 0.336 e. The van der Waals surface area contributed by atoms with Gasteiger partial charge in [0, 0.05) is 36.5 Å². The summed E-state index contributed by atoms with van der Waals surface area (Å²) in [6, 6.07) is 28.0. The van der Waals surface area contributed by atoms with Crippen molar-refractivity contribution in [3.05, 3.63) is 112 Å². The highest BCUT2D eigenvalue weighted by Crippen LogP contribution is 2.25. The lowest BCUT2D eigenvalue weighted by molar-refractivity contribution is 0.414. The Kier molecular flexibility index (Phi) is 5.73. The van der Waals surface area contributed by atoms with Crippen LogP contribution in [0.2, 0.25) is 0 Å². The van der Waals surface area contributed by atoms with Gasteiger partial charge in [-0.2, -0.15) is 0 Å². The lowest BCUT2D eigenvalue weighted by Crippen LogP contribution is -2.22. The molecule has 1 N–H and O–H groups in total. The van der Waals surface area contributed by atoms with Crippen molar-refractivity contribution in [2.75, 3.05) is 13.7 Å². The number of rotatable bonds is 7. The molecule has 0 saturated carbocycles. The van der Waals surface area contributed by atoms with Gasteiger partial charge in [0.1, 0.15) is 11.3 Å². The third kappa shape index (κ3) is 4.39. The molecule has 4 nitrogen and oxygen atoms in total. The Labute approximate surface area is 169 Å². The summed E-state index contributed by atoms with van der Waals surface area (Å²) in [4.78, 5) is 12.0. The van der Waals surface area contributed by atoms with Crippen LogP contribution in [0.4, 0.5) is 0 Å². The molecule has 0 aliphatic heterocycles. The fraction of sp³-hybridized carbons (Fsp3) is 0.160.